The molecule has 5 N–H and O–H groups in total. The van der Waals surface area contributed by atoms with Gasteiger partial charge in [-0.1, -0.05) is 190 Å². The maximum atomic E-state index is 13.7. The molecule has 0 radical (unpaired) electrons. The Morgan fingerprint density at radius 2 is 0.727 bits per heavy atom. The molecule has 5 amide bonds. The van der Waals surface area contributed by atoms with Crippen molar-refractivity contribution in [3.63, 3.8) is 0 Å². The fourth-order valence-corrected chi connectivity index (χ4v) is 19.7. The zero-order valence-electron chi connectivity index (χ0n) is 84.6. The summed E-state index contributed by atoms with van der Waals surface area (Å²) in [5.74, 6) is -0.238. The molecule has 3 aliphatic rings. The number of nitrogens with one attached hydrogen (secondary N) is 5. The minimum atomic E-state index is -4.54. The number of fused-ring (bicyclic) bond motifs is 4. The van der Waals surface area contributed by atoms with Gasteiger partial charge in [-0.3, -0.25) is 48.9 Å². The van der Waals surface area contributed by atoms with Crippen LogP contribution in [0.1, 0.15) is 169 Å². The number of halogens is 3. The van der Waals surface area contributed by atoms with Gasteiger partial charge >= 0.3 is 12.1 Å². The van der Waals surface area contributed by atoms with Crippen molar-refractivity contribution in [3.8, 4) is 55.6 Å². The lowest BCUT2D eigenvalue weighted by atomic mass is 9.68. The molecule has 0 aliphatic heterocycles. The van der Waals surface area contributed by atoms with E-state index in [4.69, 9.17) is 9.15 Å². The number of hydrogen-bond donors (Lipinski definition) is 5. The predicted molar refractivity (Wildman–Crippen MR) is 593 cm³/mol. The number of esters is 1. The van der Waals surface area contributed by atoms with Crippen LogP contribution in [0.5, 0.6) is 0 Å². The molecule has 0 saturated heterocycles. The van der Waals surface area contributed by atoms with E-state index in [0.29, 0.717) is 39.9 Å². The van der Waals surface area contributed by atoms with Crippen LogP contribution in [0.25, 0.3) is 98.7 Å². The summed E-state index contributed by atoms with van der Waals surface area (Å²) < 4.78 is 48.9. The van der Waals surface area contributed by atoms with Crippen LogP contribution in [0.15, 0.2) is 376 Å². The van der Waals surface area contributed by atoms with Gasteiger partial charge in [0.25, 0.3) is 17.7 Å². The molecule has 23 heteroatoms. The SMILES string of the molecule is COC(=O)c1cccc(-c2cc(NC(=O)c3cccc(N(C)C)c3)ccc2C)c1.Cc1ccc(NC(=O)C2(c3ccccc3)CCCC2)cc1-c1ccc2ccncc2c1.Cc1ccc(NC(=O)C2(c3ccccc3)CCCCC2)cc1-c1ccc2ccncc2c1.Cc1ccc(NC(=O)c2cc(C(F)(F)F)ccn2)cc1-c1ccc2ccncc2c1.Cc1ccc(NC(=O)c2ncoc2C2CC2)cc1-c1ccc2ccncc2c1. The fraction of sp³-hybridized carbons (Fsp3) is 0.181. The van der Waals surface area contributed by atoms with Gasteiger partial charge in [0.15, 0.2) is 12.1 Å². The van der Waals surface area contributed by atoms with Crippen LogP contribution >= 0.6 is 0 Å². The Balaban J connectivity index is 0.000000122. The van der Waals surface area contributed by atoms with E-state index in [0.717, 1.165) is 221 Å². The molecule has 19 aromatic rings. The van der Waals surface area contributed by atoms with Crippen molar-refractivity contribution in [2.75, 3.05) is 52.7 Å². The molecule has 0 unspecified atom stereocenters. The van der Waals surface area contributed by atoms with E-state index in [9.17, 15) is 41.9 Å². The van der Waals surface area contributed by atoms with Gasteiger partial charge in [-0.2, -0.15) is 13.2 Å². The van der Waals surface area contributed by atoms with Gasteiger partial charge in [0.05, 0.1) is 29.1 Å². The van der Waals surface area contributed by atoms with Gasteiger partial charge in [0.1, 0.15) is 11.5 Å². The number of carbonyl (C=O) groups excluding carboxylic acids is 6. The van der Waals surface area contributed by atoms with Crippen LogP contribution < -0.4 is 31.5 Å². The number of methoxy groups -OCH3 is 1. The summed E-state index contributed by atoms with van der Waals surface area (Å²) in [5, 5.41) is 23.9. The first kappa shape index (κ1) is 102. The normalized spacial score (nSPS) is 13.2. The van der Waals surface area contributed by atoms with Crippen molar-refractivity contribution in [2.24, 2.45) is 0 Å². The molecule has 20 nitrogen and oxygen atoms in total. The highest BCUT2D eigenvalue weighted by Gasteiger charge is 2.44. The summed E-state index contributed by atoms with van der Waals surface area (Å²) in [6, 6.07) is 99.4. The lowest BCUT2D eigenvalue weighted by Crippen LogP contribution is -2.42. The van der Waals surface area contributed by atoms with Crippen molar-refractivity contribution in [1.29, 1.82) is 0 Å². The fourth-order valence-electron chi connectivity index (χ4n) is 19.7. The number of carbonyl (C=O) groups is 6. The molecular weight excluding hydrogens is 1880 g/mol. The number of ether oxygens (including phenoxy) is 1. The van der Waals surface area contributed by atoms with E-state index in [1.54, 1.807) is 48.9 Å². The third kappa shape index (κ3) is 24.0. The summed E-state index contributed by atoms with van der Waals surface area (Å²) in [6.45, 7) is 10.2. The molecule has 3 aliphatic carbocycles. The lowest BCUT2D eigenvalue weighted by molar-refractivity contribution is -0.137. The highest BCUT2D eigenvalue weighted by Crippen LogP contribution is 2.46. The number of rotatable bonds is 20. The van der Waals surface area contributed by atoms with E-state index in [1.807, 2.05) is 228 Å². The number of aromatic nitrogens is 6. The van der Waals surface area contributed by atoms with Gasteiger partial charge in [-0.05, 0) is 341 Å². The van der Waals surface area contributed by atoms with E-state index in [1.165, 1.54) is 41.8 Å². The Kier molecular flexibility index (Phi) is 31.3. The van der Waals surface area contributed by atoms with Crippen LogP contribution in [0.3, 0.4) is 0 Å². The molecule has 150 heavy (non-hydrogen) atoms. The molecule has 6 heterocycles. The number of nitrogens with zero attached hydrogens (tertiary/aromatic N) is 7. The molecule has 750 valence electrons. The number of amides is 5. The third-order valence-corrected chi connectivity index (χ3v) is 28.3. The van der Waals surface area contributed by atoms with Crippen LogP contribution in [-0.4, -0.2) is 86.6 Å². The number of pyridine rings is 5. The third-order valence-electron chi connectivity index (χ3n) is 28.3. The average molecular weight is 1990 g/mol. The van der Waals surface area contributed by atoms with Crippen LogP contribution in [0.4, 0.5) is 47.3 Å². The molecule has 0 spiro atoms. The average Bonchev–Trinajstić information content (AvgIpc) is 1.24. The second-order valence-corrected chi connectivity index (χ2v) is 38.6. The van der Waals surface area contributed by atoms with Gasteiger partial charge in [-0.15, -0.1) is 0 Å². The molecule has 0 atom stereocenters. The molecule has 6 aromatic heterocycles. The monoisotopic (exact) mass is 1990 g/mol. The zero-order chi connectivity index (χ0) is 105. The Morgan fingerprint density at radius 1 is 0.353 bits per heavy atom. The van der Waals surface area contributed by atoms with Crippen molar-refractivity contribution < 1.29 is 51.1 Å². The van der Waals surface area contributed by atoms with Crippen molar-refractivity contribution >= 4 is 113 Å². The van der Waals surface area contributed by atoms with Crippen molar-refractivity contribution in [1.82, 2.24) is 29.9 Å². The number of oxazole rings is 1. The minimum Gasteiger partial charge on any atom is -0.465 e. The van der Waals surface area contributed by atoms with Crippen LogP contribution in [0, 0.1) is 34.6 Å². The molecule has 3 saturated carbocycles. The number of anilines is 6. The van der Waals surface area contributed by atoms with Crippen molar-refractivity contribution in [3.05, 3.63) is 444 Å². The summed E-state index contributed by atoms with van der Waals surface area (Å²) in [5.41, 5.74) is 22.1. The highest BCUT2D eigenvalue weighted by atomic mass is 19.4. The summed E-state index contributed by atoms with van der Waals surface area (Å²) in [4.78, 5) is 104. The smallest absolute Gasteiger partial charge is 0.416 e. The van der Waals surface area contributed by atoms with Gasteiger partial charge in [0.2, 0.25) is 11.8 Å². The topological polar surface area (TPSA) is 266 Å². The number of hydrogen-bond acceptors (Lipinski definition) is 15. The number of alkyl halides is 3. The zero-order valence-corrected chi connectivity index (χ0v) is 84.6. The maximum absolute atomic E-state index is 13.7. The van der Waals surface area contributed by atoms with Gasteiger partial charge in [0, 0.05) is 137 Å². The highest BCUT2D eigenvalue weighted by molar-refractivity contribution is 6.08. The Labute approximate surface area is 869 Å². The Hall–Kier alpha value is -17.7. The summed E-state index contributed by atoms with van der Waals surface area (Å²) in [6.07, 6.45) is 23.7. The van der Waals surface area contributed by atoms with Gasteiger partial charge < -0.3 is 40.6 Å². The Morgan fingerprint density at radius 3 is 1.12 bits per heavy atom. The minimum absolute atomic E-state index is 0.105. The van der Waals surface area contributed by atoms with Gasteiger partial charge in [-0.25, -0.2) is 9.78 Å². The summed E-state index contributed by atoms with van der Waals surface area (Å²) in [7, 11) is 5.24. The maximum Gasteiger partial charge on any atom is 0.416 e. The summed E-state index contributed by atoms with van der Waals surface area (Å²) >= 11 is 0. The lowest BCUT2D eigenvalue weighted by Gasteiger charge is -2.36. The second-order valence-electron chi connectivity index (χ2n) is 38.6. The molecule has 13 aromatic carbocycles. The molecule has 3 fully saturated rings. The molecule has 22 rings (SSSR count). The van der Waals surface area contributed by atoms with E-state index < -0.39 is 28.5 Å². The predicted octanol–water partition coefficient (Wildman–Crippen LogP) is 29.7. The first-order chi connectivity index (χ1) is 72.7. The van der Waals surface area contributed by atoms with E-state index in [-0.39, 0.29) is 35.3 Å². The number of aryl methyl sites for hydroxylation is 5. The standard InChI is InChI=1S/C29H28N2O.C28H26N2O.C24H24N2O3.C23H16F3N3O.C23H19N3O2/c1-21-10-13-26(19-27(21)23-12-11-22-14-17-30-20-24(22)18-23)31-28(32)29(15-6-3-7-16-29)25-8-4-2-5-9-25;1-20-9-12-25(18-26(20)22-11-10-21-13-16-29-19-23(21)17-22)30-27(31)28(14-5-6-15-28)24-7-3-2-4-8-24;1-16-11-12-20(25-23(27)18-8-6-10-21(14-18)26(2)3)15-22(16)17-7-5-9-19(13-17)24(28)29-4;1-14-2-5-19(29-22(30)21-11-18(7-9-28-21)23(24,25)26)12-20(14)16-4-3-15-6-8-27-13-17(15)10-16;1-14-2-7-19(26-23(27)21-22(16-4-5-16)28-13-25-21)11-20(14)17-6-3-15-8-9-24-12-18(15)10-17/h2,4-5,8-14,17-20H,3,6-7,15-16H2,1H3,(H,31,32);2-4,7-13,16-19H,5-6,14-15H2,1H3,(H,30,31);5-15H,1-4H3,(H,25,27);2-13H,1H3,(H,29,30);2-3,6-13,16H,4-5H2,1H3,(H,26,27). The quantitative estimate of drug-likeness (QED) is 0.0444. The van der Waals surface area contributed by atoms with Crippen LogP contribution in [-0.2, 0) is 31.3 Å². The largest absolute Gasteiger partial charge is 0.465 e. The van der Waals surface area contributed by atoms with Crippen molar-refractivity contribution in [2.45, 2.75) is 128 Å². The Bertz CT molecular complexity index is 8220. The first-order valence-corrected chi connectivity index (χ1v) is 50.2. The molecule has 0 bridgehead atoms. The first-order valence-electron chi connectivity index (χ1n) is 50.2. The van der Waals surface area contributed by atoms with E-state index >= 15 is 0 Å². The molecular formula is C127H113F3N12O8. The number of benzene rings is 13. The van der Waals surface area contributed by atoms with E-state index in [2.05, 4.69) is 180 Å². The van der Waals surface area contributed by atoms with Crippen LogP contribution in [0.2, 0.25) is 0 Å². The second kappa shape index (κ2) is 45.9.